The average molecular weight is 468 g/mol. The highest BCUT2D eigenvalue weighted by Crippen LogP contribution is 2.45. The van der Waals surface area contributed by atoms with Gasteiger partial charge in [0.1, 0.15) is 18.0 Å². The molecule has 1 fully saturated rings. The Bertz CT molecular complexity index is 1070. The second-order valence-corrected chi connectivity index (χ2v) is 8.31. The first-order chi connectivity index (χ1) is 16.5. The van der Waals surface area contributed by atoms with E-state index in [1.165, 1.54) is 0 Å². The molecule has 10 nitrogen and oxygen atoms in total. The van der Waals surface area contributed by atoms with Gasteiger partial charge in [0.05, 0.1) is 19.8 Å². The van der Waals surface area contributed by atoms with Crippen molar-refractivity contribution < 1.29 is 14.9 Å². The van der Waals surface area contributed by atoms with E-state index < -0.39 is 12.3 Å². The number of aliphatic imine (C=N–C) groups is 1. The lowest BCUT2D eigenvalue weighted by Crippen LogP contribution is -2.51. The van der Waals surface area contributed by atoms with Gasteiger partial charge in [0, 0.05) is 51.2 Å². The lowest BCUT2D eigenvalue weighted by atomic mass is 10.1. The van der Waals surface area contributed by atoms with Gasteiger partial charge in [0.2, 0.25) is 0 Å². The summed E-state index contributed by atoms with van der Waals surface area (Å²) in [4.78, 5) is 20.1. The van der Waals surface area contributed by atoms with Crippen LogP contribution in [0.1, 0.15) is 12.5 Å². The van der Waals surface area contributed by atoms with Crippen molar-refractivity contribution in [2.45, 2.75) is 19.2 Å². The lowest BCUT2D eigenvalue weighted by molar-refractivity contribution is 0.0737. The Hall–Kier alpha value is -3.21. The predicted molar refractivity (Wildman–Crippen MR) is 135 cm³/mol. The predicted octanol–water partition coefficient (Wildman–Crippen LogP) is 0.936. The summed E-state index contributed by atoms with van der Waals surface area (Å²) in [7, 11) is 3.61. The molecule has 3 heterocycles. The number of likely N-dealkylation sites (N-methyl/N-ethyl adjacent to an activating group) is 2. The second kappa shape index (κ2) is 10.4. The molecule has 0 saturated carbocycles. The number of hydrogen-bond donors (Lipinski definition) is 3. The quantitative estimate of drug-likeness (QED) is 0.510. The van der Waals surface area contributed by atoms with Gasteiger partial charge in [-0.1, -0.05) is 18.2 Å². The highest BCUT2D eigenvalue weighted by Gasteiger charge is 2.42. The second-order valence-electron chi connectivity index (χ2n) is 8.31. The van der Waals surface area contributed by atoms with Crippen molar-refractivity contribution in [1.82, 2.24) is 9.97 Å². The Morgan fingerprint density at radius 1 is 1.29 bits per heavy atom. The molecule has 1 saturated heterocycles. The number of ether oxygens (including phenoxy) is 1. The molecule has 1 aromatic heterocycles. The monoisotopic (exact) mass is 467 g/mol. The number of rotatable bonds is 7. The molecule has 2 aliphatic heterocycles. The van der Waals surface area contributed by atoms with Crippen molar-refractivity contribution in [3.8, 4) is 11.4 Å². The Morgan fingerprint density at radius 2 is 2.03 bits per heavy atom. The number of aliphatic hydroxyl groups excluding tert-OH is 2. The van der Waals surface area contributed by atoms with Gasteiger partial charge in [-0.2, -0.15) is 0 Å². The summed E-state index contributed by atoms with van der Waals surface area (Å²) in [5.41, 5.74) is 9.37. The maximum atomic E-state index is 10.6. The van der Waals surface area contributed by atoms with Crippen LogP contribution in [-0.4, -0.2) is 92.2 Å². The van der Waals surface area contributed by atoms with Crippen molar-refractivity contribution in [2.24, 2.45) is 10.7 Å². The van der Waals surface area contributed by atoms with Gasteiger partial charge in [0.15, 0.2) is 17.5 Å². The summed E-state index contributed by atoms with van der Waals surface area (Å²) >= 11 is 0. The number of nitrogens with two attached hydrogens (primary N) is 1. The normalized spacial score (nSPS) is 19.7. The Morgan fingerprint density at radius 3 is 2.71 bits per heavy atom. The van der Waals surface area contributed by atoms with E-state index in [1.807, 2.05) is 48.0 Å². The number of fused-ring (bicyclic) bond motifs is 1. The molecule has 2 unspecified atom stereocenters. The average Bonchev–Trinajstić information content (AvgIpc) is 3.18. The van der Waals surface area contributed by atoms with Crippen LogP contribution in [0.25, 0.3) is 17.1 Å². The van der Waals surface area contributed by atoms with E-state index in [-0.39, 0.29) is 6.61 Å². The van der Waals surface area contributed by atoms with Crippen molar-refractivity contribution in [1.29, 1.82) is 0 Å². The third-order valence-electron chi connectivity index (χ3n) is 6.23. The molecule has 10 heteroatoms. The lowest BCUT2D eigenvalue weighted by Gasteiger charge is -2.33. The van der Waals surface area contributed by atoms with Gasteiger partial charge in [-0.25, -0.2) is 9.97 Å². The summed E-state index contributed by atoms with van der Waals surface area (Å²) in [5, 5.41) is 20.3. The zero-order valence-corrected chi connectivity index (χ0v) is 19.9. The zero-order valence-electron chi connectivity index (χ0n) is 19.9. The first-order valence-electron chi connectivity index (χ1n) is 11.5. The van der Waals surface area contributed by atoms with Gasteiger partial charge >= 0.3 is 0 Å². The van der Waals surface area contributed by atoms with Gasteiger partial charge in [0.25, 0.3) is 0 Å². The fraction of sp³-hybridized carbons (Fsp3) is 0.458. The standard InChI is InChI=1S/C24H33N7O3/c1-4-31-23-20(29(3)24(31)19(33)15-32)22(30-10-12-34-13-11-30)27-21(28-23)17-7-5-6-16(14-17)18(25)8-9-26-2/h5-9,14,19,24,32-33H,4,10-13,15,25H2,1-3H3. The summed E-state index contributed by atoms with van der Waals surface area (Å²) in [5.74, 6) is 2.11. The minimum absolute atomic E-state index is 0.346. The molecule has 0 bridgehead atoms. The van der Waals surface area contributed by atoms with Crippen molar-refractivity contribution >= 4 is 29.2 Å². The third-order valence-corrected chi connectivity index (χ3v) is 6.23. The van der Waals surface area contributed by atoms with Gasteiger partial charge < -0.3 is 35.4 Å². The fourth-order valence-electron chi connectivity index (χ4n) is 4.52. The van der Waals surface area contributed by atoms with E-state index >= 15 is 0 Å². The molecular weight excluding hydrogens is 434 g/mol. The molecule has 2 aromatic rings. The van der Waals surface area contributed by atoms with Gasteiger partial charge in [-0.05, 0) is 24.6 Å². The first kappa shape index (κ1) is 23.9. The van der Waals surface area contributed by atoms with E-state index in [9.17, 15) is 10.2 Å². The number of aromatic nitrogens is 2. The van der Waals surface area contributed by atoms with E-state index in [0.717, 1.165) is 28.5 Å². The number of anilines is 3. The molecular formula is C24H33N7O3. The molecule has 2 atom stereocenters. The molecule has 0 amide bonds. The molecule has 182 valence electrons. The summed E-state index contributed by atoms with van der Waals surface area (Å²) in [6, 6.07) is 7.80. The van der Waals surface area contributed by atoms with Crippen LogP contribution in [0.4, 0.5) is 17.3 Å². The van der Waals surface area contributed by atoms with Crippen LogP contribution < -0.4 is 20.4 Å². The number of allylic oxidation sites excluding steroid dienone is 1. The van der Waals surface area contributed by atoms with Crippen LogP contribution in [0.5, 0.6) is 0 Å². The molecule has 0 spiro atoms. The summed E-state index contributed by atoms with van der Waals surface area (Å²) in [6.45, 7) is 4.94. The SMILES string of the molecule is CCN1c2nc(-c3cccc(C(N)=CC=NC)c3)nc(N3CCOCC3)c2N(C)C1C(O)CO. The number of hydrogen-bond acceptors (Lipinski definition) is 10. The molecule has 4 N–H and O–H groups in total. The molecule has 0 radical (unpaired) electrons. The molecule has 0 aliphatic carbocycles. The number of morpholine rings is 1. The Labute approximate surface area is 200 Å². The van der Waals surface area contributed by atoms with Crippen LogP contribution in [0.15, 0.2) is 35.3 Å². The number of nitrogens with zero attached hydrogens (tertiary/aromatic N) is 6. The molecule has 4 rings (SSSR count). The summed E-state index contributed by atoms with van der Waals surface area (Å²) in [6.07, 6.45) is 2.03. The minimum atomic E-state index is -0.950. The smallest absolute Gasteiger partial charge is 0.164 e. The number of benzene rings is 1. The maximum Gasteiger partial charge on any atom is 0.164 e. The van der Waals surface area contributed by atoms with Crippen molar-refractivity contribution in [2.75, 3.05) is 68.2 Å². The molecule has 1 aromatic carbocycles. The topological polar surface area (TPSA) is 124 Å². The van der Waals surface area contributed by atoms with Gasteiger partial charge in [-0.3, -0.25) is 4.99 Å². The van der Waals surface area contributed by atoms with Crippen LogP contribution in [0, 0.1) is 0 Å². The highest BCUT2D eigenvalue weighted by molar-refractivity contribution is 5.87. The van der Waals surface area contributed by atoms with Gasteiger partial charge in [-0.15, -0.1) is 0 Å². The molecule has 2 aliphatic rings. The van der Waals surface area contributed by atoms with Crippen LogP contribution in [-0.2, 0) is 4.74 Å². The van der Waals surface area contributed by atoms with Crippen molar-refractivity contribution in [3.63, 3.8) is 0 Å². The highest BCUT2D eigenvalue weighted by atomic mass is 16.5. The largest absolute Gasteiger partial charge is 0.398 e. The van der Waals surface area contributed by atoms with Crippen LogP contribution >= 0.6 is 0 Å². The molecule has 34 heavy (non-hydrogen) atoms. The van der Waals surface area contributed by atoms with E-state index in [0.29, 0.717) is 44.4 Å². The van der Waals surface area contributed by atoms with E-state index in [2.05, 4.69) is 9.89 Å². The third kappa shape index (κ3) is 4.44. The fourth-order valence-corrected chi connectivity index (χ4v) is 4.52. The maximum absolute atomic E-state index is 10.6. The Balaban J connectivity index is 1.86. The van der Waals surface area contributed by atoms with Crippen molar-refractivity contribution in [3.05, 3.63) is 35.9 Å². The van der Waals surface area contributed by atoms with Crippen LogP contribution in [0.2, 0.25) is 0 Å². The summed E-state index contributed by atoms with van der Waals surface area (Å²) < 4.78 is 5.56. The Kier molecular flexibility index (Phi) is 7.30. The van der Waals surface area contributed by atoms with Crippen LogP contribution in [0.3, 0.4) is 0 Å². The van der Waals surface area contributed by atoms with E-state index in [4.69, 9.17) is 20.4 Å². The number of aliphatic hydroxyl groups is 2. The first-order valence-corrected chi connectivity index (χ1v) is 11.5. The minimum Gasteiger partial charge on any atom is -0.398 e. The van der Waals surface area contributed by atoms with E-state index in [1.54, 1.807) is 19.3 Å². The zero-order chi connectivity index (χ0) is 24.2.